The molecule has 0 spiro atoms. The van der Waals surface area contributed by atoms with E-state index in [-0.39, 0.29) is 5.82 Å². The van der Waals surface area contributed by atoms with Gasteiger partial charge < -0.3 is 14.7 Å². The van der Waals surface area contributed by atoms with Crippen LogP contribution in [0.1, 0.15) is 44.6 Å². The van der Waals surface area contributed by atoms with Gasteiger partial charge >= 0.3 is 6.18 Å². The number of anilines is 3. The van der Waals surface area contributed by atoms with Crippen molar-refractivity contribution in [2.24, 2.45) is 0 Å². The molecule has 5 rings (SSSR count). The van der Waals surface area contributed by atoms with Crippen LogP contribution in [0.5, 0.6) is 0 Å². The first kappa shape index (κ1) is 26.5. The van der Waals surface area contributed by atoms with Crippen molar-refractivity contribution in [3.05, 3.63) is 53.2 Å². The first-order chi connectivity index (χ1) is 18.3. The Hall–Kier alpha value is -3.14. The number of nitrogens with zero attached hydrogens (tertiary/aromatic N) is 7. The van der Waals surface area contributed by atoms with Crippen LogP contribution >= 0.6 is 11.6 Å². The van der Waals surface area contributed by atoms with Gasteiger partial charge in [0.15, 0.2) is 5.82 Å². The van der Waals surface area contributed by atoms with E-state index in [1.807, 2.05) is 29.2 Å². The lowest BCUT2D eigenvalue weighted by molar-refractivity contribution is -0.137. The maximum Gasteiger partial charge on any atom is 0.419 e. The molecule has 0 amide bonds. The molecule has 1 saturated heterocycles. The topological polar surface area (TPSA) is 61.3 Å². The molecule has 0 radical (unpaired) electrons. The normalized spacial score (nSPS) is 17.1. The predicted molar refractivity (Wildman–Crippen MR) is 144 cm³/mol. The van der Waals surface area contributed by atoms with Crippen molar-refractivity contribution < 1.29 is 13.2 Å². The van der Waals surface area contributed by atoms with Crippen molar-refractivity contribution in [1.29, 1.82) is 0 Å². The highest BCUT2D eigenvalue weighted by atomic mass is 35.5. The third-order valence-electron chi connectivity index (χ3n) is 7.28. The Labute approximate surface area is 225 Å². The molecule has 11 heteroatoms. The summed E-state index contributed by atoms with van der Waals surface area (Å²) in [4.78, 5) is 24.6. The van der Waals surface area contributed by atoms with E-state index in [4.69, 9.17) is 26.6 Å². The van der Waals surface area contributed by atoms with Gasteiger partial charge in [0.2, 0.25) is 11.9 Å². The largest absolute Gasteiger partial charge is 0.419 e. The van der Waals surface area contributed by atoms with Crippen molar-refractivity contribution in [1.82, 2.24) is 19.9 Å². The SMILES string of the molecule is CCN(c1nc(-c2ccc(Cl)cc2)nc(N2CCN(c3ncccc3C(F)(F)F)CC2)n1)C1CCCCC1. The molecule has 1 aromatic carbocycles. The summed E-state index contributed by atoms with van der Waals surface area (Å²) >= 11 is 6.11. The van der Waals surface area contributed by atoms with Crippen LogP contribution in [0, 0.1) is 0 Å². The van der Waals surface area contributed by atoms with Gasteiger partial charge in [0.05, 0.1) is 5.56 Å². The highest BCUT2D eigenvalue weighted by Crippen LogP contribution is 2.36. The zero-order chi connectivity index (χ0) is 26.7. The molecule has 0 unspecified atom stereocenters. The zero-order valence-corrected chi connectivity index (χ0v) is 22.1. The van der Waals surface area contributed by atoms with Crippen LogP contribution in [0.3, 0.4) is 0 Å². The molecular formula is C27H31ClF3N7. The maximum absolute atomic E-state index is 13.6. The maximum atomic E-state index is 13.6. The Morgan fingerprint density at radius 3 is 2.26 bits per heavy atom. The highest BCUT2D eigenvalue weighted by Gasteiger charge is 2.36. The molecule has 38 heavy (non-hydrogen) atoms. The number of benzene rings is 1. The Morgan fingerprint density at radius 2 is 1.61 bits per heavy atom. The van der Waals surface area contributed by atoms with Gasteiger partial charge in [-0.2, -0.15) is 28.1 Å². The van der Waals surface area contributed by atoms with Crippen molar-refractivity contribution in [3.63, 3.8) is 0 Å². The van der Waals surface area contributed by atoms with Crippen molar-refractivity contribution >= 4 is 29.3 Å². The third-order valence-corrected chi connectivity index (χ3v) is 7.53. The van der Waals surface area contributed by atoms with Gasteiger partial charge in [-0.15, -0.1) is 0 Å². The Bertz CT molecular complexity index is 1220. The molecule has 3 heterocycles. The smallest absolute Gasteiger partial charge is 0.353 e. The van der Waals surface area contributed by atoms with E-state index in [9.17, 15) is 13.2 Å². The van der Waals surface area contributed by atoms with Crippen molar-refractivity contribution in [2.75, 3.05) is 47.4 Å². The molecule has 2 fully saturated rings. The van der Waals surface area contributed by atoms with E-state index in [0.717, 1.165) is 31.0 Å². The van der Waals surface area contributed by atoms with Gasteiger partial charge in [-0.3, -0.25) is 0 Å². The minimum absolute atomic E-state index is 0.0349. The van der Waals surface area contributed by atoms with E-state index in [2.05, 4.69) is 16.8 Å². The molecule has 1 aliphatic heterocycles. The second kappa shape index (κ2) is 11.3. The fourth-order valence-corrected chi connectivity index (χ4v) is 5.42. The first-order valence-corrected chi connectivity index (χ1v) is 13.5. The van der Waals surface area contributed by atoms with Gasteiger partial charge in [0.25, 0.3) is 0 Å². The zero-order valence-electron chi connectivity index (χ0n) is 21.3. The molecule has 3 aromatic rings. The fraction of sp³-hybridized carbons (Fsp3) is 0.481. The fourth-order valence-electron chi connectivity index (χ4n) is 5.30. The number of hydrogen-bond donors (Lipinski definition) is 0. The number of rotatable bonds is 6. The van der Waals surface area contributed by atoms with Gasteiger partial charge in [0, 0.05) is 55.5 Å². The lowest BCUT2D eigenvalue weighted by atomic mass is 9.94. The minimum Gasteiger partial charge on any atom is -0.353 e. The number of alkyl halides is 3. The highest BCUT2D eigenvalue weighted by molar-refractivity contribution is 6.30. The average molecular weight is 546 g/mol. The van der Waals surface area contributed by atoms with Gasteiger partial charge in [-0.05, 0) is 56.2 Å². The molecule has 1 saturated carbocycles. The van der Waals surface area contributed by atoms with Crippen LogP contribution < -0.4 is 14.7 Å². The standard InChI is InChI=1S/C27H31ClF3N7/c1-2-38(21-7-4-3-5-8-21)26-34-23(19-10-12-20(28)13-11-19)33-25(35-26)37-17-15-36(16-18-37)24-22(27(29,30)31)9-6-14-32-24/h6,9-14,21H,2-5,7-8,15-18H2,1H3. The summed E-state index contributed by atoms with van der Waals surface area (Å²) in [6, 6.07) is 10.2. The molecule has 2 aromatic heterocycles. The first-order valence-electron chi connectivity index (χ1n) is 13.1. The minimum atomic E-state index is -4.46. The summed E-state index contributed by atoms with van der Waals surface area (Å²) in [5, 5.41) is 0.629. The molecular weight excluding hydrogens is 515 g/mol. The summed E-state index contributed by atoms with van der Waals surface area (Å²) in [6.07, 6.45) is 2.79. The molecule has 0 bridgehead atoms. The van der Waals surface area contributed by atoms with Crippen LogP contribution in [0.25, 0.3) is 11.4 Å². The molecule has 0 atom stereocenters. The number of pyridine rings is 1. The number of halogens is 4. The van der Waals surface area contributed by atoms with Crippen LogP contribution in [0.2, 0.25) is 5.02 Å². The van der Waals surface area contributed by atoms with Gasteiger partial charge in [-0.25, -0.2) is 4.98 Å². The van der Waals surface area contributed by atoms with E-state index in [1.165, 1.54) is 31.5 Å². The molecule has 0 N–H and O–H groups in total. The molecule has 1 aliphatic carbocycles. The summed E-state index contributed by atoms with van der Waals surface area (Å²) in [5.74, 6) is 1.70. The average Bonchev–Trinajstić information content (AvgIpc) is 2.94. The second-order valence-corrected chi connectivity index (χ2v) is 10.1. The molecule has 202 valence electrons. The Kier molecular flexibility index (Phi) is 7.88. The lowest BCUT2D eigenvalue weighted by Gasteiger charge is -2.37. The van der Waals surface area contributed by atoms with Crippen molar-refractivity contribution in [3.8, 4) is 11.4 Å². The lowest BCUT2D eigenvalue weighted by Crippen LogP contribution is -2.48. The summed E-state index contributed by atoms with van der Waals surface area (Å²) in [7, 11) is 0. The Balaban J connectivity index is 1.43. The third kappa shape index (κ3) is 5.80. The van der Waals surface area contributed by atoms with Crippen LogP contribution in [-0.4, -0.2) is 58.7 Å². The second-order valence-electron chi connectivity index (χ2n) is 9.69. The van der Waals surface area contributed by atoms with E-state index in [0.29, 0.717) is 55.0 Å². The summed E-state index contributed by atoms with van der Waals surface area (Å²) < 4.78 is 40.7. The predicted octanol–water partition coefficient (Wildman–Crippen LogP) is 6.09. The quantitative estimate of drug-likeness (QED) is 0.371. The van der Waals surface area contributed by atoms with E-state index in [1.54, 1.807) is 4.90 Å². The van der Waals surface area contributed by atoms with Crippen LogP contribution in [0.15, 0.2) is 42.6 Å². The number of hydrogen-bond acceptors (Lipinski definition) is 7. The summed E-state index contributed by atoms with van der Waals surface area (Å²) in [5.41, 5.74) is 0.118. The van der Waals surface area contributed by atoms with E-state index >= 15 is 0 Å². The van der Waals surface area contributed by atoms with Crippen LogP contribution in [0.4, 0.5) is 30.9 Å². The molecule has 2 aliphatic rings. The van der Waals surface area contributed by atoms with Gasteiger partial charge in [-0.1, -0.05) is 30.9 Å². The monoisotopic (exact) mass is 545 g/mol. The van der Waals surface area contributed by atoms with Crippen LogP contribution in [-0.2, 0) is 6.18 Å². The number of aromatic nitrogens is 4. The molecule has 7 nitrogen and oxygen atoms in total. The number of piperazine rings is 1. The van der Waals surface area contributed by atoms with Gasteiger partial charge in [0.1, 0.15) is 5.82 Å². The van der Waals surface area contributed by atoms with E-state index < -0.39 is 11.7 Å². The summed E-state index contributed by atoms with van der Waals surface area (Å²) in [6.45, 7) is 4.57. The Morgan fingerprint density at radius 1 is 0.921 bits per heavy atom. The van der Waals surface area contributed by atoms with Crippen molar-refractivity contribution in [2.45, 2.75) is 51.2 Å².